The van der Waals surface area contributed by atoms with E-state index in [1.165, 1.54) is 5.56 Å². The van der Waals surface area contributed by atoms with Crippen LogP contribution in [0.5, 0.6) is 0 Å². The Morgan fingerprint density at radius 2 is 2.08 bits per heavy atom. The molecule has 0 aliphatic heterocycles. The highest BCUT2D eigenvalue weighted by atomic mass is 28.3. The molecule has 0 saturated heterocycles. The lowest BCUT2D eigenvalue weighted by atomic mass is 10.2. The van der Waals surface area contributed by atoms with Crippen molar-refractivity contribution in [3.05, 3.63) is 17.9 Å². The second kappa shape index (κ2) is 4.11. The zero-order chi connectivity index (χ0) is 9.90. The van der Waals surface area contributed by atoms with Gasteiger partial charge in [0.2, 0.25) is 0 Å². The second-order valence-electron chi connectivity index (χ2n) is 4.40. The number of aryl methyl sites for hydroxylation is 1. The van der Waals surface area contributed by atoms with Crippen molar-refractivity contribution in [2.75, 3.05) is 6.61 Å². The van der Waals surface area contributed by atoms with Crippen LogP contribution in [-0.4, -0.2) is 19.8 Å². The zero-order valence-electron chi connectivity index (χ0n) is 8.63. The lowest BCUT2D eigenvalue weighted by molar-refractivity contribution is 0.288. The van der Waals surface area contributed by atoms with Crippen LogP contribution in [0.3, 0.4) is 0 Å². The van der Waals surface area contributed by atoms with Gasteiger partial charge < -0.3 is 9.52 Å². The first-order valence-electron chi connectivity index (χ1n) is 4.73. The predicted octanol–water partition coefficient (Wildman–Crippen LogP) is 1.75. The Kier molecular flexibility index (Phi) is 3.33. The number of aliphatic hydroxyl groups is 1. The third-order valence-corrected chi connectivity index (χ3v) is 3.76. The van der Waals surface area contributed by atoms with Crippen molar-refractivity contribution in [3.8, 4) is 0 Å². The van der Waals surface area contributed by atoms with Crippen molar-refractivity contribution in [3.63, 3.8) is 0 Å². The smallest absolute Gasteiger partial charge is 0.123 e. The maximum Gasteiger partial charge on any atom is 0.123 e. The molecule has 0 spiro atoms. The fourth-order valence-corrected chi connectivity index (χ4v) is 2.21. The van der Waals surface area contributed by atoms with E-state index in [-0.39, 0.29) is 6.61 Å². The average molecular weight is 198 g/mol. The summed E-state index contributed by atoms with van der Waals surface area (Å²) in [4.78, 5) is 0. The van der Waals surface area contributed by atoms with Gasteiger partial charge in [-0.2, -0.15) is 0 Å². The van der Waals surface area contributed by atoms with E-state index in [2.05, 4.69) is 25.7 Å². The molecule has 0 aliphatic carbocycles. The summed E-state index contributed by atoms with van der Waals surface area (Å²) < 4.78 is 5.51. The van der Waals surface area contributed by atoms with E-state index < -0.39 is 8.07 Å². The van der Waals surface area contributed by atoms with Crippen LogP contribution in [0.25, 0.3) is 0 Å². The van der Waals surface area contributed by atoms with Crippen molar-refractivity contribution < 1.29 is 9.52 Å². The Morgan fingerprint density at radius 3 is 2.54 bits per heavy atom. The maximum absolute atomic E-state index is 8.67. The van der Waals surface area contributed by atoms with E-state index in [0.29, 0.717) is 0 Å². The van der Waals surface area contributed by atoms with Crippen LogP contribution in [0.15, 0.2) is 16.7 Å². The summed E-state index contributed by atoms with van der Waals surface area (Å²) in [7, 11) is -1.28. The topological polar surface area (TPSA) is 33.4 Å². The molecule has 1 aromatic heterocycles. The Hall–Kier alpha value is -0.543. The minimum atomic E-state index is -1.28. The number of aliphatic hydroxyl groups excluding tert-OH is 1. The summed E-state index contributed by atoms with van der Waals surface area (Å²) in [6.07, 6.45) is 3.57. The molecule has 74 valence electrons. The SMILES string of the molecule is C[Si](C)(C)c1cc(CCCO)co1. The standard InChI is InChI=1S/C10H18O2Si/c1-13(2,3)10-7-9(8-12-10)5-4-6-11/h7-8,11H,4-6H2,1-3H3. The minimum Gasteiger partial charge on any atom is -0.474 e. The van der Waals surface area contributed by atoms with Gasteiger partial charge in [0.25, 0.3) is 0 Å². The Morgan fingerprint density at radius 1 is 1.38 bits per heavy atom. The largest absolute Gasteiger partial charge is 0.474 e. The molecule has 1 N–H and O–H groups in total. The van der Waals surface area contributed by atoms with Crippen molar-refractivity contribution in [2.45, 2.75) is 32.5 Å². The molecule has 3 heteroatoms. The molecular weight excluding hydrogens is 180 g/mol. The summed E-state index contributed by atoms with van der Waals surface area (Å²) in [5, 5.41) is 9.83. The van der Waals surface area contributed by atoms with Crippen LogP contribution in [0, 0.1) is 0 Å². The van der Waals surface area contributed by atoms with E-state index >= 15 is 0 Å². The molecule has 1 heterocycles. The van der Waals surface area contributed by atoms with Gasteiger partial charge in [0.05, 0.1) is 11.6 Å². The monoisotopic (exact) mass is 198 g/mol. The first kappa shape index (κ1) is 10.5. The number of hydrogen-bond donors (Lipinski definition) is 1. The van der Waals surface area contributed by atoms with Gasteiger partial charge >= 0.3 is 0 Å². The molecule has 13 heavy (non-hydrogen) atoms. The van der Waals surface area contributed by atoms with Gasteiger partial charge in [0.1, 0.15) is 8.07 Å². The van der Waals surface area contributed by atoms with Crippen LogP contribution in [0.4, 0.5) is 0 Å². The molecule has 0 aromatic carbocycles. The third-order valence-electron chi connectivity index (χ3n) is 2.02. The Balaban J connectivity index is 2.64. The number of hydrogen-bond acceptors (Lipinski definition) is 2. The van der Waals surface area contributed by atoms with Crippen molar-refractivity contribution in [1.82, 2.24) is 0 Å². The first-order chi connectivity index (χ1) is 6.04. The van der Waals surface area contributed by atoms with Crippen LogP contribution in [0.1, 0.15) is 12.0 Å². The Labute approximate surface area is 80.6 Å². The molecule has 0 fully saturated rings. The molecule has 0 amide bonds. The van der Waals surface area contributed by atoms with E-state index in [9.17, 15) is 0 Å². The van der Waals surface area contributed by atoms with Gasteiger partial charge in [-0.25, -0.2) is 0 Å². The van der Waals surface area contributed by atoms with Gasteiger partial charge in [-0.15, -0.1) is 0 Å². The zero-order valence-corrected chi connectivity index (χ0v) is 9.63. The Bertz CT molecular complexity index is 260. The lowest BCUT2D eigenvalue weighted by Crippen LogP contribution is -2.36. The van der Waals surface area contributed by atoms with Crippen LogP contribution >= 0.6 is 0 Å². The molecule has 0 unspecified atom stereocenters. The quantitative estimate of drug-likeness (QED) is 0.748. The molecule has 1 aromatic rings. The summed E-state index contributed by atoms with van der Waals surface area (Å²) in [5.74, 6) is 0. The normalized spacial score (nSPS) is 12.0. The first-order valence-corrected chi connectivity index (χ1v) is 8.23. The number of rotatable bonds is 4. The minimum absolute atomic E-state index is 0.257. The fourth-order valence-electron chi connectivity index (χ4n) is 1.18. The highest BCUT2D eigenvalue weighted by Gasteiger charge is 2.20. The molecule has 0 saturated carbocycles. The molecule has 0 atom stereocenters. The summed E-state index contributed by atoms with van der Waals surface area (Å²) >= 11 is 0. The number of furan rings is 1. The van der Waals surface area contributed by atoms with E-state index in [1.807, 2.05) is 6.26 Å². The van der Waals surface area contributed by atoms with Gasteiger partial charge in [-0.05, 0) is 24.5 Å². The summed E-state index contributed by atoms with van der Waals surface area (Å²) in [6, 6.07) is 2.14. The maximum atomic E-state index is 8.67. The van der Waals surface area contributed by atoms with Crippen LogP contribution in [-0.2, 0) is 6.42 Å². The van der Waals surface area contributed by atoms with Gasteiger partial charge in [-0.3, -0.25) is 0 Å². The highest BCUT2D eigenvalue weighted by molar-refractivity contribution is 6.87. The molecule has 0 bridgehead atoms. The van der Waals surface area contributed by atoms with Crippen molar-refractivity contribution >= 4 is 13.5 Å². The second-order valence-corrected chi connectivity index (χ2v) is 9.39. The third kappa shape index (κ3) is 3.01. The molecule has 0 radical (unpaired) electrons. The van der Waals surface area contributed by atoms with E-state index in [1.54, 1.807) is 0 Å². The van der Waals surface area contributed by atoms with Crippen LogP contribution in [0.2, 0.25) is 19.6 Å². The van der Waals surface area contributed by atoms with Crippen LogP contribution < -0.4 is 5.38 Å². The summed E-state index contributed by atoms with van der Waals surface area (Å²) in [6.45, 7) is 7.05. The molecule has 0 aliphatic rings. The van der Waals surface area contributed by atoms with Crippen molar-refractivity contribution in [1.29, 1.82) is 0 Å². The summed E-state index contributed by atoms with van der Waals surface area (Å²) in [5.41, 5.74) is 1.21. The average Bonchev–Trinajstić information content (AvgIpc) is 2.47. The fraction of sp³-hybridized carbons (Fsp3) is 0.600. The molecule has 1 rings (SSSR count). The van der Waals surface area contributed by atoms with Gasteiger partial charge in [-0.1, -0.05) is 19.6 Å². The lowest BCUT2D eigenvalue weighted by Gasteiger charge is -2.10. The van der Waals surface area contributed by atoms with Crippen molar-refractivity contribution in [2.24, 2.45) is 0 Å². The molecule has 2 nitrogen and oxygen atoms in total. The van der Waals surface area contributed by atoms with E-state index in [0.717, 1.165) is 18.2 Å². The van der Waals surface area contributed by atoms with Gasteiger partial charge in [0.15, 0.2) is 0 Å². The molecular formula is C10H18O2Si. The predicted molar refractivity (Wildman–Crippen MR) is 57.1 cm³/mol. The highest BCUT2D eigenvalue weighted by Crippen LogP contribution is 2.08. The van der Waals surface area contributed by atoms with E-state index in [4.69, 9.17) is 9.52 Å². The van der Waals surface area contributed by atoms with Gasteiger partial charge in [0, 0.05) is 6.61 Å².